The van der Waals surface area contributed by atoms with E-state index >= 15 is 0 Å². The smallest absolute Gasteiger partial charge is 0.374 e. The SMILES string of the molecule is [C-]#[N+]c1ccc2oc(C(=O)OCC)cc2c1. The van der Waals surface area contributed by atoms with E-state index in [1.165, 1.54) is 0 Å². The van der Waals surface area contributed by atoms with Crippen molar-refractivity contribution in [2.24, 2.45) is 0 Å². The molecule has 1 heterocycles. The van der Waals surface area contributed by atoms with Crippen molar-refractivity contribution in [2.75, 3.05) is 6.61 Å². The number of carbonyl (C=O) groups is 1. The van der Waals surface area contributed by atoms with Crippen molar-refractivity contribution in [1.29, 1.82) is 0 Å². The van der Waals surface area contributed by atoms with Crippen molar-refractivity contribution in [1.82, 2.24) is 0 Å². The molecule has 4 heteroatoms. The number of ether oxygens (including phenoxy) is 1. The Labute approximate surface area is 92.2 Å². The minimum Gasteiger partial charge on any atom is -0.460 e. The molecule has 0 atom stereocenters. The topological polar surface area (TPSA) is 43.8 Å². The lowest BCUT2D eigenvalue weighted by molar-refractivity contribution is 0.0492. The summed E-state index contributed by atoms with van der Waals surface area (Å²) in [6, 6.07) is 6.58. The Hall–Kier alpha value is -2.28. The molecule has 0 saturated heterocycles. The van der Waals surface area contributed by atoms with Crippen LogP contribution in [0.4, 0.5) is 5.69 Å². The Morgan fingerprint density at radius 1 is 1.50 bits per heavy atom. The van der Waals surface area contributed by atoms with Gasteiger partial charge in [0.1, 0.15) is 5.58 Å². The van der Waals surface area contributed by atoms with E-state index in [9.17, 15) is 4.79 Å². The average molecular weight is 215 g/mol. The molecule has 0 radical (unpaired) electrons. The van der Waals surface area contributed by atoms with E-state index in [2.05, 4.69) is 4.85 Å². The molecule has 0 aliphatic carbocycles. The van der Waals surface area contributed by atoms with Crippen molar-refractivity contribution in [2.45, 2.75) is 6.92 Å². The molecule has 80 valence electrons. The minimum absolute atomic E-state index is 0.166. The summed E-state index contributed by atoms with van der Waals surface area (Å²) in [5.41, 5.74) is 1.10. The van der Waals surface area contributed by atoms with Crippen LogP contribution in [0.3, 0.4) is 0 Å². The molecular weight excluding hydrogens is 206 g/mol. The van der Waals surface area contributed by atoms with Crippen molar-refractivity contribution >= 4 is 22.6 Å². The lowest BCUT2D eigenvalue weighted by Gasteiger charge is -1.95. The first-order chi connectivity index (χ1) is 7.74. The molecule has 2 aromatic rings. The fraction of sp³-hybridized carbons (Fsp3) is 0.167. The van der Waals surface area contributed by atoms with Crippen LogP contribution in [0, 0.1) is 6.57 Å². The van der Waals surface area contributed by atoms with Crippen LogP contribution in [0.5, 0.6) is 0 Å². The maximum absolute atomic E-state index is 11.4. The zero-order valence-electron chi connectivity index (χ0n) is 8.69. The number of hydrogen-bond acceptors (Lipinski definition) is 3. The molecule has 2 rings (SSSR count). The zero-order chi connectivity index (χ0) is 11.5. The van der Waals surface area contributed by atoms with Crippen LogP contribution in [0.2, 0.25) is 0 Å². The van der Waals surface area contributed by atoms with E-state index in [0.29, 0.717) is 17.9 Å². The van der Waals surface area contributed by atoms with Gasteiger partial charge in [-0.15, -0.1) is 0 Å². The molecule has 0 bridgehead atoms. The lowest BCUT2D eigenvalue weighted by atomic mass is 10.2. The monoisotopic (exact) mass is 215 g/mol. The predicted octanol–water partition coefficient (Wildman–Crippen LogP) is 3.16. The van der Waals surface area contributed by atoms with Crippen molar-refractivity contribution in [3.05, 3.63) is 41.4 Å². The Balaban J connectivity index is 2.44. The summed E-state index contributed by atoms with van der Waals surface area (Å²) >= 11 is 0. The lowest BCUT2D eigenvalue weighted by Crippen LogP contribution is -2.02. The van der Waals surface area contributed by atoms with E-state index in [-0.39, 0.29) is 5.76 Å². The third kappa shape index (κ3) is 1.75. The highest BCUT2D eigenvalue weighted by Crippen LogP contribution is 2.24. The zero-order valence-corrected chi connectivity index (χ0v) is 8.69. The molecule has 0 unspecified atom stereocenters. The second-order valence-corrected chi connectivity index (χ2v) is 3.17. The third-order valence-electron chi connectivity index (χ3n) is 2.11. The van der Waals surface area contributed by atoms with Gasteiger partial charge in [-0.2, -0.15) is 0 Å². The fourth-order valence-corrected chi connectivity index (χ4v) is 1.40. The molecule has 4 nitrogen and oxygen atoms in total. The highest BCUT2D eigenvalue weighted by Gasteiger charge is 2.12. The van der Waals surface area contributed by atoms with E-state index < -0.39 is 5.97 Å². The second kappa shape index (κ2) is 4.07. The van der Waals surface area contributed by atoms with E-state index in [4.69, 9.17) is 15.7 Å². The van der Waals surface area contributed by atoms with Gasteiger partial charge < -0.3 is 9.15 Å². The summed E-state index contributed by atoms with van der Waals surface area (Å²) < 4.78 is 10.1. The van der Waals surface area contributed by atoms with Gasteiger partial charge in [-0.05, 0) is 25.1 Å². The summed E-state index contributed by atoms with van der Waals surface area (Å²) in [5.74, 6) is -0.318. The van der Waals surface area contributed by atoms with Crippen LogP contribution in [0.1, 0.15) is 17.5 Å². The van der Waals surface area contributed by atoms with Gasteiger partial charge in [-0.25, -0.2) is 9.64 Å². The molecule has 0 N–H and O–H groups in total. The quantitative estimate of drug-likeness (QED) is 0.570. The largest absolute Gasteiger partial charge is 0.460 e. The van der Waals surface area contributed by atoms with Crippen LogP contribution < -0.4 is 0 Å². The van der Waals surface area contributed by atoms with E-state index in [0.717, 1.165) is 5.39 Å². The highest BCUT2D eigenvalue weighted by molar-refractivity contribution is 5.93. The number of nitrogens with zero attached hydrogens (tertiary/aromatic N) is 1. The van der Waals surface area contributed by atoms with Gasteiger partial charge in [0.15, 0.2) is 5.69 Å². The average Bonchev–Trinajstić information content (AvgIpc) is 2.71. The van der Waals surface area contributed by atoms with Crippen molar-refractivity contribution in [3.63, 3.8) is 0 Å². The van der Waals surface area contributed by atoms with Crippen LogP contribution in [0.25, 0.3) is 15.8 Å². The van der Waals surface area contributed by atoms with Gasteiger partial charge >= 0.3 is 5.97 Å². The molecule has 0 fully saturated rings. The minimum atomic E-state index is -0.483. The molecule has 1 aromatic heterocycles. The van der Waals surface area contributed by atoms with Crippen molar-refractivity contribution in [3.8, 4) is 0 Å². The molecule has 0 saturated carbocycles. The van der Waals surface area contributed by atoms with E-state index in [1.807, 2.05) is 0 Å². The number of fused-ring (bicyclic) bond motifs is 1. The summed E-state index contributed by atoms with van der Waals surface area (Å²) in [7, 11) is 0. The van der Waals surface area contributed by atoms with Gasteiger partial charge in [0.2, 0.25) is 5.76 Å². The van der Waals surface area contributed by atoms with Gasteiger partial charge in [0.05, 0.1) is 13.2 Å². The maximum atomic E-state index is 11.4. The number of rotatable bonds is 2. The molecule has 16 heavy (non-hydrogen) atoms. The Kier molecular flexibility index (Phi) is 2.61. The number of furan rings is 1. The fourth-order valence-electron chi connectivity index (χ4n) is 1.40. The van der Waals surface area contributed by atoms with Gasteiger partial charge in [-0.3, -0.25) is 0 Å². The Morgan fingerprint density at radius 2 is 2.31 bits per heavy atom. The number of hydrogen-bond donors (Lipinski definition) is 0. The third-order valence-corrected chi connectivity index (χ3v) is 2.11. The molecule has 0 amide bonds. The molecule has 0 aliphatic rings. The molecule has 0 aliphatic heterocycles. The highest BCUT2D eigenvalue weighted by atomic mass is 16.5. The first-order valence-corrected chi connectivity index (χ1v) is 4.82. The standard InChI is InChI=1S/C12H9NO3/c1-3-15-12(14)11-7-8-6-9(13-2)4-5-10(8)16-11/h4-7H,3H2,1H3. The number of carbonyl (C=O) groups excluding carboxylic acids is 1. The van der Waals surface area contributed by atoms with Gasteiger partial charge in [-0.1, -0.05) is 6.07 Å². The van der Waals surface area contributed by atoms with Crippen molar-refractivity contribution < 1.29 is 13.9 Å². The maximum Gasteiger partial charge on any atom is 0.374 e. The summed E-state index contributed by atoms with van der Waals surface area (Å²) in [4.78, 5) is 14.7. The first-order valence-electron chi connectivity index (χ1n) is 4.82. The summed E-state index contributed by atoms with van der Waals surface area (Å²) in [5, 5.41) is 0.733. The molecular formula is C12H9NO3. The van der Waals surface area contributed by atoms with E-state index in [1.54, 1.807) is 31.2 Å². The number of benzene rings is 1. The molecule has 1 aromatic carbocycles. The van der Waals surface area contributed by atoms with Crippen LogP contribution in [-0.2, 0) is 4.74 Å². The normalized spacial score (nSPS) is 10.0. The number of esters is 1. The van der Waals surface area contributed by atoms with Gasteiger partial charge in [0, 0.05) is 5.39 Å². The predicted molar refractivity (Wildman–Crippen MR) is 58.4 cm³/mol. The second-order valence-electron chi connectivity index (χ2n) is 3.17. The summed E-state index contributed by atoms with van der Waals surface area (Å²) in [6.45, 7) is 8.92. The van der Waals surface area contributed by atoms with Crippen LogP contribution in [-0.4, -0.2) is 12.6 Å². The summed E-state index contributed by atoms with van der Waals surface area (Å²) in [6.07, 6.45) is 0. The Morgan fingerprint density at radius 3 is 3.00 bits per heavy atom. The Bertz CT molecular complexity index is 577. The van der Waals surface area contributed by atoms with Gasteiger partial charge in [0.25, 0.3) is 0 Å². The first kappa shape index (κ1) is 10.2. The van der Waals surface area contributed by atoms with Crippen LogP contribution >= 0.6 is 0 Å². The van der Waals surface area contributed by atoms with Crippen LogP contribution in [0.15, 0.2) is 28.7 Å². The molecule has 0 spiro atoms.